The van der Waals surface area contributed by atoms with Crippen LogP contribution in [0.3, 0.4) is 0 Å². The zero-order valence-electron chi connectivity index (χ0n) is 22.2. The Labute approximate surface area is 246 Å². The highest BCUT2D eigenvalue weighted by atomic mass is 32.2. The van der Waals surface area contributed by atoms with Crippen molar-refractivity contribution < 1.29 is 18.0 Å². The molecule has 42 heavy (non-hydrogen) atoms. The lowest BCUT2D eigenvalue weighted by Gasteiger charge is -2.19. The third-order valence-electron chi connectivity index (χ3n) is 6.52. The van der Waals surface area contributed by atoms with Gasteiger partial charge in [-0.1, -0.05) is 66.7 Å². The molecule has 1 aromatic heterocycles. The molecular weight excluding hydrogens is 571 g/mol. The van der Waals surface area contributed by atoms with Crippen LogP contribution in [-0.2, 0) is 21.7 Å². The number of Topliss-reactive ketones (excluding diaryl/α,β-unsaturated/α-hetero) is 1. The quantitative estimate of drug-likeness (QED) is 0.193. The molecular formula is C31H23N5O4S2. The molecule has 0 saturated carbocycles. The number of carbonyl (C=O) groups excluding carboxylic acids is 2. The van der Waals surface area contributed by atoms with E-state index in [1.165, 1.54) is 17.1 Å². The number of fused-ring (bicyclic) bond motifs is 1. The van der Waals surface area contributed by atoms with Crippen LogP contribution < -0.4 is 10.3 Å². The molecule has 6 rings (SSSR count). The van der Waals surface area contributed by atoms with E-state index >= 15 is 0 Å². The van der Waals surface area contributed by atoms with E-state index in [2.05, 4.69) is 15.4 Å². The summed E-state index contributed by atoms with van der Waals surface area (Å²) in [6.07, 6.45) is 0. The lowest BCUT2D eigenvalue weighted by Crippen LogP contribution is -2.23. The highest BCUT2D eigenvalue weighted by Crippen LogP contribution is 2.41. The van der Waals surface area contributed by atoms with Gasteiger partial charge in [-0.05, 0) is 60.3 Å². The normalized spacial score (nSPS) is 14.5. The first-order chi connectivity index (χ1) is 20.3. The van der Waals surface area contributed by atoms with Crippen molar-refractivity contribution in [3.05, 3.63) is 131 Å². The minimum Gasteiger partial charge on any atom is -0.324 e. The Kier molecular flexibility index (Phi) is 7.19. The number of imidazole rings is 1. The van der Waals surface area contributed by atoms with Gasteiger partial charge in [-0.2, -0.15) is 5.10 Å². The van der Waals surface area contributed by atoms with E-state index in [4.69, 9.17) is 0 Å². The van der Waals surface area contributed by atoms with Crippen LogP contribution in [-0.4, -0.2) is 34.7 Å². The van der Waals surface area contributed by atoms with Gasteiger partial charge in [-0.3, -0.25) is 9.59 Å². The first kappa shape index (κ1) is 27.2. The second kappa shape index (κ2) is 11.1. The van der Waals surface area contributed by atoms with Gasteiger partial charge in [-0.25, -0.2) is 18.4 Å². The van der Waals surface area contributed by atoms with Gasteiger partial charge in [0.25, 0.3) is 5.91 Å². The summed E-state index contributed by atoms with van der Waals surface area (Å²) in [4.78, 5) is 31.6. The molecule has 1 N–H and O–H groups in total. The smallest absolute Gasteiger partial charge is 0.283 e. The predicted octanol–water partition coefficient (Wildman–Crippen LogP) is 5.60. The van der Waals surface area contributed by atoms with Crippen LogP contribution in [0.15, 0.2) is 135 Å². The number of aryl methyl sites for hydroxylation is 1. The maximum Gasteiger partial charge on any atom is 0.283 e. The van der Waals surface area contributed by atoms with Crippen LogP contribution in [0.2, 0.25) is 0 Å². The molecule has 0 radical (unpaired) electrons. The molecule has 0 bridgehead atoms. The maximum atomic E-state index is 14.4. The summed E-state index contributed by atoms with van der Waals surface area (Å²) in [5, 5.41) is 8.55. The van der Waals surface area contributed by atoms with Crippen molar-refractivity contribution in [2.24, 2.45) is 12.1 Å². The number of aromatic nitrogens is 2. The lowest BCUT2D eigenvalue weighted by molar-refractivity contribution is -0.110. The van der Waals surface area contributed by atoms with Gasteiger partial charge in [0, 0.05) is 12.7 Å². The first-order valence-corrected chi connectivity index (χ1v) is 15.1. The molecule has 0 unspecified atom stereocenters. The summed E-state index contributed by atoms with van der Waals surface area (Å²) in [7, 11) is -2.77. The molecule has 0 fully saturated rings. The standard InChI is InChI=1S/C31H23N5O4S2/c1-35-25-20-12-11-19-24(25)33-28(35)26(37)27(42(39,40)23-17-9-4-10-18-23)31-36(22-15-7-3-8-16-22)34-30(41-31)29(38)32-21-13-5-2-6-14-21/h2-20H,1H3,(H,32,38)/b31-27+. The third-order valence-corrected chi connectivity index (χ3v) is 9.49. The number of amides is 1. The average Bonchev–Trinajstić information content (AvgIpc) is 3.60. The molecule has 1 aliphatic heterocycles. The zero-order valence-corrected chi connectivity index (χ0v) is 23.8. The van der Waals surface area contributed by atoms with Gasteiger partial charge >= 0.3 is 0 Å². The van der Waals surface area contributed by atoms with Crippen LogP contribution >= 0.6 is 11.8 Å². The Morgan fingerprint density at radius 3 is 2.05 bits per heavy atom. The molecule has 0 spiro atoms. The van der Waals surface area contributed by atoms with Gasteiger partial charge < -0.3 is 9.88 Å². The molecule has 5 aromatic rings. The Morgan fingerprint density at radius 1 is 0.786 bits per heavy atom. The number of hydrazone groups is 1. The van der Waals surface area contributed by atoms with Crippen molar-refractivity contribution in [2.75, 3.05) is 10.3 Å². The van der Waals surface area contributed by atoms with E-state index < -0.39 is 26.4 Å². The van der Waals surface area contributed by atoms with Gasteiger partial charge in [-0.15, -0.1) is 0 Å². The van der Waals surface area contributed by atoms with Crippen molar-refractivity contribution in [2.45, 2.75) is 4.90 Å². The van der Waals surface area contributed by atoms with Crippen molar-refractivity contribution in [1.82, 2.24) is 9.55 Å². The molecule has 9 nitrogen and oxygen atoms in total. The minimum atomic E-state index is -4.43. The molecule has 1 amide bonds. The number of carbonyl (C=O) groups is 2. The Morgan fingerprint density at radius 2 is 1.38 bits per heavy atom. The van der Waals surface area contributed by atoms with Crippen LogP contribution in [0.1, 0.15) is 10.6 Å². The van der Waals surface area contributed by atoms with Gasteiger partial charge in [0.1, 0.15) is 5.03 Å². The fourth-order valence-electron chi connectivity index (χ4n) is 4.48. The number of benzene rings is 4. The summed E-state index contributed by atoms with van der Waals surface area (Å²) in [5.74, 6) is -1.43. The second-order valence-electron chi connectivity index (χ2n) is 9.24. The SMILES string of the molecule is Cn1c(C(=O)/C(=C2\SC(C(=O)Nc3ccccc3)=NN2c2ccccc2)S(=O)(=O)c2ccccc2)nc2ccccc21. The van der Waals surface area contributed by atoms with E-state index in [0.29, 0.717) is 22.4 Å². The predicted molar refractivity (Wildman–Crippen MR) is 165 cm³/mol. The van der Waals surface area contributed by atoms with E-state index in [-0.39, 0.29) is 20.8 Å². The average molecular weight is 594 g/mol. The lowest BCUT2D eigenvalue weighted by atomic mass is 10.3. The molecule has 2 heterocycles. The van der Waals surface area contributed by atoms with Crippen molar-refractivity contribution in [1.29, 1.82) is 0 Å². The molecule has 208 valence electrons. The van der Waals surface area contributed by atoms with Crippen molar-refractivity contribution in [3.63, 3.8) is 0 Å². The van der Waals surface area contributed by atoms with E-state index in [0.717, 1.165) is 11.8 Å². The van der Waals surface area contributed by atoms with Gasteiger partial charge in [0.05, 0.1) is 21.6 Å². The number of anilines is 2. The van der Waals surface area contributed by atoms with Crippen LogP contribution in [0, 0.1) is 0 Å². The van der Waals surface area contributed by atoms with Crippen LogP contribution in [0.4, 0.5) is 11.4 Å². The Hall–Kier alpha value is -5.00. The number of hydrogen-bond acceptors (Lipinski definition) is 8. The fraction of sp³-hybridized carbons (Fsp3) is 0.0323. The maximum absolute atomic E-state index is 14.4. The second-order valence-corrected chi connectivity index (χ2v) is 12.1. The fourth-order valence-corrected chi connectivity index (χ4v) is 7.20. The highest BCUT2D eigenvalue weighted by Gasteiger charge is 2.40. The molecule has 0 aliphatic carbocycles. The highest BCUT2D eigenvalue weighted by molar-refractivity contribution is 8.19. The van der Waals surface area contributed by atoms with Crippen molar-refractivity contribution in [3.8, 4) is 0 Å². The summed E-state index contributed by atoms with van der Waals surface area (Å²) in [6.45, 7) is 0. The number of para-hydroxylation sites is 4. The Balaban J connectivity index is 1.55. The van der Waals surface area contributed by atoms with Crippen LogP contribution in [0.25, 0.3) is 11.0 Å². The number of hydrogen-bond donors (Lipinski definition) is 1. The largest absolute Gasteiger partial charge is 0.324 e. The number of thioether (sulfide) groups is 1. The monoisotopic (exact) mass is 593 g/mol. The van der Waals surface area contributed by atoms with Crippen molar-refractivity contribution >= 4 is 60.7 Å². The van der Waals surface area contributed by atoms with Crippen LogP contribution in [0.5, 0.6) is 0 Å². The topological polar surface area (TPSA) is 114 Å². The number of sulfone groups is 1. The van der Waals surface area contributed by atoms with E-state index in [1.807, 2.05) is 12.1 Å². The number of rotatable bonds is 7. The van der Waals surface area contributed by atoms with Gasteiger partial charge in [0.15, 0.2) is 15.8 Å². The van der Waals surface area contributed by atoms with E-state index in [9.17, 15) is 18.0 Å². The summed E-state index contributed by atoms with van der Waals surface area (Å²) in [6, 6.07) is 32.4. The molecule has 0 atom stereocenters. The number of allylic oxidation sites excluding steroid dienone is 1. The van der Waals surface area contributed by atoms with Gasteiger partial charge in [0.2, 0.25) is 15.6 Å². The molecule has 0 saturated heterocycles. The summed E-state index contributed by atoms with van der Waals surface area (Å²) < 4.78 is 30.2. The number of ketones is 1. The summed E-state index contributed by atoms with van der Waals surface area (Å²) >= 11 is 0.813. The Bertz CT molecular complexity index is 1990. The molecule has 11 heteroatoms. The summed E-state index contributed by atoms with van der Waals surface area (Å²) in [5.41, 5.74) is 2.23. The first-order valence-electron chi connectivity index (χ1n) is 12.8. The molecule has 1 aliphatic rings. The minimum absolute atomic E-state index is 0.0275. The number of nitrogens with zero attached hydrogens (tertiary/aromatic N) is 4. The molecule has 4 aromatic carbocycles. The third kappa shape index (κ3) is 5.00. The number of nitrogens with one attached hydrogen (secondary N) is 1. The zero-order chi connectivity index (χ0) is 29.3. The van der Waals surface area contributed by atoms with E-state index in [1.54, 1.807) is 103 Å².